The number of nitrogens with zero attached hydrogens (tertiary/aromatic N) is 4. The van der Waals surface area contributed by atoms with Crippen molar-refractivity contribution in [1.82, 2.24) is 25.1 Å². The standard InChI is InChI=1S/C13H19N5S2/c1-9-11(20-8-15-9)7-19-13-17-16-12(18(13)2)10-3-5-14-6-4-10/h8,10,14H,3-7H2,1-2H3. The molecule has 2 aromatic rings. The van der Waals surface area contributed by atoms with Crippen molar-refractivity contribution in [2.75, 3.05) is 13.1 Å². The molecule has 20 heavy (non-hydrogen) atoms. The second-order valence-corrected chi connectivity index (χ2v) is 6.96. The summed E-state index contributed by atoms with van der Waals surface area (Å²) in [5.41, 5.74) is 3.03. The molecule has 7 heteroatoms. The maximum Gasteiger partial charge on any atom is 0.191 e. The lowest BCUT2D eigenvalue weighted by Crippen LogP contribution is -2.27. The molecule has 1 saturated heterocycles. The third-order valence-electron chi connectivity index (χ3n) is 3.75. The van der Waals surface area contributed by atoms with Gasteiger partial charge in [0, 0.05) is 23.6 Å². The predicted molar refractivity (Wildman–Crippen MR) is 82.3 cm³/mol. The van der Waals surface area contributed by atoms with E-state index < -0.39 is 0 Å². The minimum atomic E-state index is 0.549. The number of hydrogen-bond donors (Lipinski definition) is 1. The Morgan fingerprint density at radius 3 is 2.90 bits per heavy atom. The van der Waals surface area contributed by atoms with Gasteiger partial charge in [0.05, 0.1) is 11.2 Å². The summed E-state index contributed by atoms with van der Waals surface area (Å²) in [5.74, 6) is 2.61. The van der Waals surface area contributed by atoms with Crippen LogP contribution >= 0.6 is 23.1 Å². The lowest BCUT2D eigenvalue weighted by atomic mass is 9.97. The van der Waals surface area contributed by atoms with Crippen LogP contribution < -0.4 is 5.32 Å². The van der Waals surface area contributed by atoms with Crippen LogP contribution in [0.4, 0.5) is 0 Å². The summed E-state index contributed by atoms with van der Waals surface area (Å²) in [6.07, 6.45) is 2.31. The summed E-state index contributed by atoms with van der Waals surface area (Å²) >= 11 is 3.46. The van der Waals surface area contributed by atoms with Gasteiger partial charge in [0.25, 0.3) is 0 Å². The lowest BCUT2D eigenvalue weighted by molar-refractivity contribution is 0.434. The molecule has 0 radical (unpaired) electrons. The summed E-state index contributed by atoms with van der Waals surface area (Å²) in [7, 11) is 2.08. The Morgan fingerprint density at radius 1 is 1.40 bits per heavy atom. The van der Waals surface area contributed by atoms with Crippen molar-refractivity contribution >= 4 is 23.1 Å². The van der Waals surface area contributed by atoms with Crippen molar-refractivity contribution in [3.8, 4) is 0 Å². The highest BCUT2D eigenvalue weighted by Crippen LogP contribution is 2.29. The van der Waals surface area contributed by atoms with E-state index in [4.69, 9.17) is 0 Å². The third kappa shape index (κ3) is 2.89. The zero-order chi connectivity index (χ0) is 13.9. The zero-order valence-electron chi connectivity index (χ0n) is 11.8. The molecule has 0 bridgehead atoms. The first kappa shape index (κ1) is 14.0. The van der Waals surface area contributed by atoms with Gasteiger partial charge in [-0.25, -0.2) is 4.98 Å². The second kappa shape index (κ2) is 6.24. The molecule has 1 aliphatic heterocycles. The molecule has 0 spiro atoms. The van der Waals surface area contributed by atoms with Gasteiger partial charge in [-0.05, 0) is 32.9 Å². The average molecular weight is 309 g/mol. The van der Waals surface area contributed by atoms with Gasteiger partial charge in [-0.15, -0.1) is 21.5 Å². The number of aromatic nitrogens is 4. The van der Waals surface area contributed by atoms with Gasteiger partial charge in [0.2, 0.25) is 0 Å². The van der Waals surface area contributed by atoms with E-state index in [1.165, 1.54) is 4.88 Å². The number of rotatable bonds is 4. The van der Waals surface area contributed by atoms with Crippen LogP contribution in [-0.2, 0) is 12.8 Å². The Labute approximate surface area is 127 Å². The van der Waals surface area contributed by atoms with Gasteiger partial charge in [-0.2, -0.15) is 0 Å². The molecule has 1 N–H and O–H groups in total. The number of piperidine rings is 1. The first-order chi connectivity index (χ1) is 9.75. The monoisotopic (exact) mass is 309 g/mol. The molecular weight excluding hydrogens is 290 g/mol. The molecule has 0 saturated carbocycles. The quantitative estimate of drug-likeness (QED) is 0.879. The Hall–Kier alpha value is -0.920. The average Bonchev–Trinajstić information content (AvgIpc) is 3.04. The molecule has 3 heterocycles. The molecule has 0 aromatic carbocycles. The SMILES string of the molecule is Cc1ncsc1CSc1nnc(C2CCNCC2)n1C. The fourth-order valence-corrected chi connectivity index (χ4v) is 4.35. The number of nitrogens with one attached hydrogen (secondary N) is 1. The molecule has 0 unspecified atom stereocenters. The molecule has 0 aliphatic carbocycles. The molecule has 1 fully saturated rings. The number of hydrogen-bond acceptors (Lipinski definition) is 6. The fourth-order valence-electron chi connectivity index (χ4n) is 2.48. The smallest absolute Gasteiger partial charge is 0.191 e. The first-order valence-electron chi connectivity index (χ1n) is 6.87. The molecule has 3 rings (SSSR count). The van der Waals surface area contributed by atoms with Crippen molar-refractivity contribution in [3.05, 3.63) is 21.9 Å². The van der Waals surface area contributed by atoms with E-state index >= 15 is 0 Å². The van der Waals surface area contributed by atoms with E-state index in [0.717, 1.165) is 48.4 Å². The summed E-state index contributed by atoms with van der Waals surface area (Å²) < 4.78 is 2.16. The van der Waals surface area contributed by atoms with E-state index in [1.807, 2.05) is 5.51 Å². The normalized spacial score (nSPS) is 16.7. The van der Waals surface area contributed by atoms with Crippen molar-refractivity contribution in [1.29, 1.82) is 0 Å². The Morgan fingerprint density at radius 2 is 2.20 bits per heavy atom. The highest BCUT2D eigenvalue weighted by Gasteiger charge is 2.21. The van der Waals surface area contributed by atoms with Crippen LogP contribution in [0.3, 0.4) is 0 Å². The van der Waals surface area contributed by atoms with E-state index in [1.54, 1.807) is 23.1 Å². The van der Waals surface area contributed by atoms with E-state index in [9.17, 15) is 0 Å². The van der Waals surface area contributed by atoms with Crippen LogP contribution in [0.25, 0.3) is 0 Å². The maximum absolute atomic E-state index is 4.41. The third-order valence-corrected chi connectivity index (χ3v) is 5.91. The van der Waals surface area contributed by atoms with Crippen LogP contribution in [-0.4, -0.2) is 32.8 Å². The van der Waals surface area contributed by atoms with Crippen molar-refractivity contribution < 1.29 is 0 Å². The maximum atomic E-state index is 4.41. The topological polar surface area (TPSA) is 55.6 Å². The zero-order valence-corrected chi connectivity index (χ0v) is 13.4. The number of thiazole rings is 1. The summed E-state index contributed by atoms with van der Waals surface area (Å²) in [4.78, 5) is 5.61. The van der Waals surface area contributed by atoms with Gasteiger partial charge in [0.1, 0.15) is 5.82 Å². The lowest BCUT2D eigenvalue weighted by Gasteiger charge is -2.21. The van der Waals surface area contributed by atoms with E-state index in [-0.39, 0.29) is 0 Å². The van der Waals surface area contributed by atoms with Crippen molar-refractivity contribution in [2.45, 2.75) is 36.6 Å². The van der Waals surface area contributed by atoms with Crippen LogP contribution in [0.15, 0.2) is 10.7 Å². The number of aryl methyl sites for hydroxylation is 1. The Bertz CT molecular complexity index is 571. The van der Waals surface area contributed by atoms with Crippen LogP contribution in [0.5, 0.6) is 0 Å². The van der Waals surface area contributed by atoms with Crippen LogP contribution in [0, 0.1) is 6.92 Å². The predicted octanol–water partition coefficient (Wildman–Crippen LogP) is 2.34. The Balaban J connectivity index is 1.68. The highest BCUT2D eigenvalue weighted by atomic mass is 32.2. The van der Waals surface area contributed by atoms with Gasteiger partial charge < -0.3 is 9.88 Å². The van der Waals surface area contributed by atoms with Crippen molar-refractivity contribution in [2.24, 2.45) is 7.05 Å². The van der Waals surface area contributed by atoms with Gasteiger partial charge in [-0.3, -0.25) is 0 Å². The molecule has 2 aromatic heterocycles. The molecule has 0 atom stereocenters. The first-order valence-corrected chi connectivity index (χ1v) is 8.74. The molecule has 1 aliphatic rings. The van der Waals surface area contributed by atoms with Gasteiger partial charge in [-0.1, -0.05) is 11.8 Å². The molecule has 5 nitrogen and oxygen atoms in total. The second-order valence-electron chi connectivity index (χ2n) is 5.07. The minimum absolute atomic E-state index is 0.549. The molecular formula is C13H19N5S2. The van der Waals surface area contributed by atoms with E-state index in [2.05, 4.69) is 39.0 Å². The van der Waals surface area contributed by atoms with Crippen molar-refractivity contribution in [3.63, 3.8) is 0 Å². The fraction of sp³-hybridized carbons (Fsp3) is 0.615. The molecule has 0 amide bonds. The van der Waals surface area contributed by atoms with Gasteiger partial charge >= 0.3 is 0 Å². The summed E-state index contributed by atoms with van der Waals surface area (Å²) in [5, 5.41) is 13.2. The molecule has 108 valence electrons. The van der Waals surface area contributed by atoms with E-state index in [0.29, 0.717) is 5.92 Å². The van der Waals surface area contributed by atoms with Crippen LogP contribution in [0.2, 0.25) is 0 Å². The summed E-state index contributed by atoms with van der Waals surface area (Å²) in [6, 6.07) is 0. The largest absolute Gasteiger partial charge is 0.317 e. The highest BCUT2D eigenvalue weighted by molar-refractivity contribution is 7.98. The Kier molecular flexibility index (Phi) is 4.38. The number of thioether (sulfide) groups is 1. The van der Waals surface area contributed by atoms with Gasteiger partial charge in [0.15, 0.2) is 5.16 Å². The summed E-state index contributed by atoms with van der Waals surface area (Å²) in [6.45, 7) is 4.23. The van der Waals surface area contributed by atoms with Crippen LogP contribution in [0.1, 0.15) is 35.2 Å². The minimum Gasteiger partial charge on any atom is -0.317 e.